The summed E-state index contributed by atoms with van der Waals surface area (Å²) in [5, 5.41) is 7.42. The maximum Gasteiger partial charge on any atom is 2.00 e. The van der Waals surface area contributed by atoms with E-state index in [1.54, 1.807) is 0 Å². The van der Waals surface area contributed by atoms with Crippen LogP contribution < -0.4 is 0 Å². The van der Waals surface area contributed by atoms with E-state index < -0.39 is 5.97 Å². The third-order valence-corrected chi connectivity index (χ3v) is 0. The number of hydrogen-bond acceptors (Lipinski definition) is 2. The van der Waals surface area contributed by atoms with E-state index in [9.17, 15) is 0 Å². The Kier molecular flexibility index (Phi) is 36.1. The predicted octanol–water partition coefficient (Wildman–Crippen LogP) is -0.250. The summed E-state index contributed by atoms with van der Waals surface area (Å²) in [5.74, 6) is -0.833. The topological polar surface area (TPSA) is 54.4 Å². The number of carbonyl (C=O) groups is 2. The molecule has 1 N–H and O–H groups in total. The summed E-state index contributed by atoms with van der Waals surface area (Å²) >= 11 is 0. The van der Waals surface area contributed by atoms with E-state index in [2.05, 4.69) is 0 Å². The number of carboxylic acid groups (broad SMARTS) is 1. The van der Waals surface area contributed by atoms with Gasteiger partial charge in [0.15, 0.2) is 0 Å². The molecule has 0 spiro atoms. The first-order chi connectivity index (χ1) is 2.73. The fourth-order valence-electron chi connectivity index (χ4n) is 0. The Hall–Kier alpha value is 0.400. The Morgan fingerprint density at radius 1 is 1.71 bits per heavy atom. The van der Waals surface area contributed by atoms with Crippen molar-refractivity contribution >= 4 is 50.5 Å². The number of rotatable bonds is 0. The van der Waals surface area contributed by atoms with Gasteiger partial charge in [-0.2, -0.15) is 0 Å². The molecule has 0 saturated heterocycles. The van der Waals surface area contributed by atoms with E-state index in [4.69, 9.17) is 14.7 Å². The van der Waals surface area contributed by atoms with Gasteiger partial charge in [-0.3, -0.25) is 4.79 Å². The zero-order chi connectivity index (χ0) is 5.58. The summed E-state index contributed by atoms with van der Waals surface area (Å²) in [6, 6.07) is 0. The van der Waals surface area contributed by atoms with Gasteiger partial charge in [-0.25, -0.2) is 0 Å². The van der Waals surface area contributed by atoms with Crippen LogP contribution in [0.2, 0.25) is 0 Å². The third kappa shape index (κ3) is 775. The van der Waals surface area contributed by atoms with Crippen molar-refractivity contribution in [3.05, 3.63) is 0 Å². The van der Waals surface area contributed by atoms with Crippen LogP contribution in [0.3, 0.4) is 0 Å². The van der Waals surface area contributed by atoms with Crippen LogP contribution >= 0.6 is 0 Å². The van der Waals surface area contributed by atoms with E-state index in [1.807, 2.05) is 6.79 Å². The summed E-state index contributed by atoms with van der Waals surface area (Å²) in [5.41, 5.74) is 0. The normalized spacial score (nSPS) is 4.14. The second kappa shape index (κ2) is 16.1. The summed E-state index contributed by atoms with van der Waals surface area (Å²) in [6.45, 7) is 3.08. The quantitative estimate of drug-likeness (QED) is 0.462. The molecule has 3 nitrogen and oxygen atoms in total. The molecule has 7 heavy (non-hydrogen) atoms. The average Bonchev–Trinajstić information content (AvgIpc) is 1.41. The van der Waals surface area contributed by atoms with Crippen LogP contribution in [0.25, 0.3) is 0 Å². The molecule has 0 aromatic heterocycles. The summed E-state index contributed by atoms with van der Waals surface area (Å²) in [4.78, 5) is 17.0. The fraction of sp³-hybridized carbons (Fsp3) is 0.333. The van der Waals surface area contributed by atoms with Crippen molar-refractivity contribution in [2.75, 3.05) is 0 Å². The molecule has 0 aliphatic carbocycles. The minimum absolute atomic E-state index is 0. The van der Waals surface area contributed by atoms with Crippen LogP contribution in [-0.4, -0.2) is 55.6 Å². The molecule has 0 aromatic rings. The van der Waals surface area contributed by atoms with Gasteiger partial charge in [-0.1, -0.05) is 0 Å². The Balaban J connectivity index is -0.00000000990. The van der Waals surface area contributed by atoms with Gasteiger partial charge >= 0.3 is 37.7 Å². The average molecular weight is 132 g/mol. The van der Waals surface area contributed by atoms with Gasteiger partial charge in [0.25, 0.3) is 5.97 Å². The maximum absolute atomic E-state index is 9.00. The number of aliphatic carboxylic acids is 1. The van der Waals surface area contributed by atoms with Gasteiger partial charge in [0.2, 0.25) is 0 Å². The zero-order valence-corrected chi connectivity index (χ0v) is 6.39. The molecule has 0 heterocycles. The SMILES string of the molecule is C=O.CC(=O)O.[Ca+2].[H-].[H-]. The van der Waals surface area contributed by atoms with E-state index in [0.717, 1.165) is 6.92 Å². The van der Waals surface area contributed by atoms with Crippen molar-refractivity contribution in [3.8, 4) is 0 Å². The minimum atomic E-state index is -0.833. The van der Waals surface area contributed by atoms with Crippen LogP contribution in [0.4, 0.5) is 0 Å². The first kappa shape index (κ1) is 15.7. The molecule has 0 radical (unpaired) electrons. The molecular weight excluding hydrogens is 124 g/mol. The van der Waals surface area contributed by atoms with Crippen molar-refractivity contribution in [1.82, 2.24) is 0 Å². The van der Waals surface area contributed by atoms with E-state index in [0.29, 0.717) is 0 Å². The standard InChI is InChI=1S/C2H4O2.CH2O.Ca.2H/c1-2(3)4;1-2;;;/h1H3,(H,3,4);1H2;;;/q;;+2;2*-1. The molecule has 0 amide bonds. The monoisotopic (exact) mass is 132 g/mol. The Labute approximate surface area is 74.7 Å². The Morgan fingerprint density at radius 3 is 1.71 bits per heavy atom. The van der Waals surface area contributed by atoms with Gasteiger partial charge in [0, 0.05) is 6.92 Å². The van der Waals surface area contributed by atoms with Crippen LogP contribution in [0.1, 0.15) is 9.78 Å². The largest absolute Gasteiger partial charge is 2.00 e. The smallest absolute Gasteiger partial charge is 1.00 e. The van der Waals surface area contributed by atoms with Crippen LogP contribution in [0.5, 0.6) is 0 Å². The van der Waals surface area contributed by atoms with Crippen molar-refractivity contribution in [2.24, 2.45) is 0 Å². The summed E-state index contributed by atoms with van der Waals surface area (Å²) in [6.07, 6.45) is 0. The first-order valence-corrected chi connectivity index (χ1v) is 1.22. The molecule has 0 aromatic carbocycles. The summed E-state index contributed by atoms with van der Waals surface area (Å²) < 4.78 is 0. The summed E-state index contributed by atoms with van der Waals surface area (Å²) in [7, 11) is 0. The van der Waals surface area contributed by atoms with Crippen LogP contribution in [0.15, 0.2) is 0 Å². The van der Waals surface area contributed by atoms with E-state index in [-0.39, 0.29) is 40.6 Å². The third-order valence-electron chi connectivity index (χ3n) is 0. The molecular formula is C3H8CaO3. The number of carboxylic acids is 1. The first-order valence-electron chi connectivity index (χ1n) is 1.22. The Bertz CT molecular complexity index is 48.3. The second-order valence-corrected chi connectivity index (χ2v) is 0.519. The van der Waals surface area contributed by atoms with Gasteiger partial charge in [0.05, 0.1) is 0 Å². The van der Waals surface area contributed by atoms with Gasteiger partial charge in [-0.05, 0) is 0 Å². The van der Waals surface area contributed by atoms with Gasteiger partial charge in [0.1, 0.15) is 6.79 Å². The van der Waals surface area contributed by atoms with Crippen LogP contribution in [0, 0.1) is 0 Å². The number of carbonyl (C=O) groups excluding carboxylic acids is 1. The van der Waals surface area contributed by atoms with Crippen molar-refractivity contribution < 1.29 is 17.5 Å². The fourth-order valence-corrected chi connectivity index (χ4v) is 0. The molecule has 0 aliphatic rings. The van der Waals surface area contributed by atoms with Gasteiger partial charge in [-0.15, -0.1) is 0 Å². The van der Waals surface area contributed by atoms with Crippen LogP contribution in [-0.2, 0) is 9.59 Å². The molecule has 0 bridgehead atoms. The Morgan fingerprint density at radius 2 is 1.71 bits per heavy atom. The van der Waals surface area contributed by atoms with E-state index >= 15 is 0 Å². The second-order valence-electron chi connectivity index (χ2n) is 0.519. The molecule has 0 saturated carbocycles. The van der Waals surface area contributed by atoms with Crippen molar-refractivity contribution in [2.45, 2.75) is 6.92 Å². The molecule has 0 rings (SSSR count). The maximum atomic E-state index is 9.00. The molecule has 0 fully saturated rings. The van der Waals surface area contributed by atoms with E-state index in [1.165, 1.54) is 0 Å². The molecule has 40 valence electrons. The predicted molar refractivity (Wildman–Crippen MR) is 28.4 cm³/mol. The van der Waals surface area contributed by atoms with Gasteiger partial charge < -0.3 is 12.8 Å². The number of hydrogen-bond donors (Lipinski definition) is 1. The van der Waals surface area contributed by atoms with Crippen molar-refractivity contribution in [3.63, 3.8) is 0 Å². The molecule has 4 heteroatoms. The zero-order valence-electron chi connectivity index (χ0n) is 6.18. The minimum Gasteiger partial charge on any atom is -1.00 e. The molecule has 0 aliphatic heterocycles. The molecule has 0 unspecified atom stereocenters. The van der Waals surface area contributed by atoms with Crippen molar-refractivity contribution in [1.29, 1.82) is 0 Å². The molecule has 0 atom stereocenters.